The van der Waals surface area contributed by atoms with E-state index in [2.05, 4.69) is 0 Å². The van der Waals surface area contributed by atoms with Gasteiger partial charge in [-0.3, -0.25) is 4.31 Å². The topological polar surface area (TPSA) is 87.5 Å². The van der Waals surface area contributed by atoms with Crippen molar-refractivity contribution in [2.24, 2.45) is 0 Å². The molecule has 158 valence electrons. The van der Waals surface area contributed by atoms with Gasteiger partial charge in [0, 0.05) is 12.6 Å². The molecule has 6 nitrogen and oxygen atoms in total. The second kappa shape index (κ2) is 9.16. The summed E-state index contributed by atoms with van der Waals surface area (Å²) in [5.74, 6) is -1.33. The standard InChI is InChI=1S/C22H16ClFN2O4S/c1-26(18-8-6-17(24)7-9-18)31(28,29)19-10-11-21(23)20(12-19)22(27)30-14-16-5-3-2-4-15(16)13-25/h2-12H,14H2,1H3. The summed E-state index contributed by atoms with van der Waals surface area (Å²) in [5.41, 5.74) is 0.978. The summed E-state index contributed by atoms with van der Waals surface area (Å²) in [4.78, 5) is 12.4. The van der Waals surface area contributed by atoms with Gasteiger partial charge in [-0.15, -0.1) is 0 Å². The van der Waals surface area contributed by atoms with Crippen LogP contribution in [0.3, 0.4) is 0 Å². The molecule has 0 aromatic heterocycles. The minimum absolute atomic E-state index is 0.0157. The lowest BCUT2D eigenvalue weighted by molar-refractivity contribution is 0.0472. The number of nitrogens with zero attached hydrogens (tertiary/aromatic N) is 2. The smallest absolute Gasteiger partial charge is 0.340 e. The zero-order valence-electron chi connectivity index (χ0n) is 16.2. The van der Waals surface area contributed by atoms with Crippen LogP contribution in [0.15, 0.2) is 71.6 Å². The predicted molar refractivity (Wildman–Crippen MR) is 114 cm³/mol. The average molecular weight is 459 g/mol. The number of hydrogen-bond acceptors (Lipinski definition) is 5. The summed E-state index contributed by atoms with van der Waals surface area (Å²) in [6, 6.07) is 17.2. The minimum atomic E-state index is -4.05. The zero-order chi connectivity index (χ0) is 22.6. The molecule has 31 heavy (non-hydrogen) atoms. The van der Waals surface area contributed by atoms with Crippen LogP contribution in [0, 0.1) is 17.1 Å². The van der Waals surface area contributed by atoms with E-state index in [9.17, 15) is 17.6 Å². The molecule has 0 atom stereocenters. The molecule has 0 heterocycles. The number of halogens is 2. The maximum Gasteiger partial charge on any atom is 0.340 e. The van der Waals surface area contributed by atoms with Gasteiger partial charge in [-0.1, -0.05) is 29.8 Å². The highest BCUT2D eigenvalue weighted by atomic mass is 35.5. The van der Waals surface area contributed by atoms with Crippen molar-refractivity contribution < 1.29 is 22.3 Å². The van der Waals surface area contributed by atoms with Crippen molar-refractivity contribution in [2.45, 2.75) is 11.5 Å². The van der Waals surface area contributed by atoms with Crippen LogP contribution in [0.1, 0.15) is 21.5 Å². The lowest BCUT2D eigenvalue weighted by Crippen LogP contribution is -2.26. The van der Waals surface area contributed by atoms with E-state index in [4.69, 9.17) is 21.6 Å². The van der Waals surface area contributed by atoms with Gasteiger partial charge < -0.3 is 4.74 Å². The molecule has 0 saturated heterocycles. The normalized spacial score (nSPS) is 10.9. The van der Waals surface area contributed by atoms with Gasteiger partial charge in [0.25, 0.3) is 10.0 Å². The van der Waals surface area contributed by atoms with Crippen LogP contribution in [-0.2, 0) is 21.4 Å². The first-order valence-corrected chi connectivity index (χ1v) is 10.7. The molecular formula is C22H16ClFN2O4S. The summed E-state index contributed by atoms with van der Waals surface area (Å²) in [7, 11) is -2.74. The van der Waals surface area contributed by atoms with Gasteiger partial charge in [-0.25, -0.2) is 17.6 Å². The molecule has 9 heteroatoms. The van der Waals surface area contributed by atoms with Crippen molar-refractivity contribution in [2.75, 3.05) is 11.4 Å². The first-order chi connectivity index (χ1) is 14.7. The number of carbonyl (C=O) groups is 1. The fourth-order valence-corrected chi connectivity index (χ4v) is 4.16. The molecule has 0 aliphatic heterocycles. The number of anilines is 1. The second-order valence-corrected chi connectivity index (χ2v) is 8.81. The molecule has 0 unspecified atom stereocenters. The van der Waals surface area contributed by atoms with E-state index < -0.39 is 21.8 Å². The van der Waals surface area contributed by atoms with Crippen LogP contribution in [0.2, 0.25) is 5.02 Å². The van der Waals surface area contributed by atoms with E-state index in [0.717, 1.165) is 22.5 Å². The highest BCUT2D eigenvalue weighted by Crippen LogP contribution is 2.26. The Balaban J connectivity index is 1.86. The third-order valence-corrected chi connectivity index (χ3v) is 6.61. The van der Waals surface area contributed by atoms with Crippen molar-refractivity contribution in [1.82, 2.24) is 0 Å². The number of ether oxygens (including phenoxy) is 1. The third-order valence-electron chi connectivity index (χ3n) is 4.50. The molecule has 0 spiro atoms. The number of nitriles is 1. The summed E-state index contributed by atoms with van der Waals surface area (Å²) in [6.45, 7) is -0.175. The van der Waals surface area contributed by atoms with Gasteiger partial charge in [0.1, 0.15) is 12.4 Å². The number of carbonyl (C=O) groups excluding carboxylic acids is 1. The summed E-state index contributed by atoms with van der Waals surface area (Å²) >= 11 is 6.09. The van der Waals surface area contributed by atoms with Crippen molar-refractivity contribution >= 4 is 33.3 Å². The molecule has 0 fully saturated rings. The molecule has 0 aliphatic rings. The maximum absolute atomic E-state index is 13.1. The fraction of sp³-hybridized carbons (Fsp3) is 0.0909. The van der Waals surface area contributed by atoms with E-state index >= 15 is 0 Å². The minimum Gasteiger partial charge on any atom is -0.457 e. The van der Waals surface area contributed by atoms with Gasteiger partial charge in [0.15, 0.2) is 0 Å². The first kappa shape index (κ1) is 22.3. The van der Waals surface area contributed by atoms with E-state index in [1.807, 2.05) is 6.07 Å². The average Bonchev–Trinajstić information content (AvgIpc) is 2.77. The van der Waals surface area contributed by atoms with E-state index in [1.165, 1.54) is 31.3 Å². The molecule has 0 saturated carbocycles. The summed E-state index contributed by atoms with van der Waals surface area (Å²) < 4.78 is 45.3. The van der Waals surface area contributed by atoms with Crippen molar-refractivity contribution in [3.63, 3.8) is 0 Å². The third kappa shape index (κ3) is 4.85. The van der Waals surface area contributed by atoms with Crippen molar-refractivity contribution in [3.05, 3.63) is 94.3 Å². The molecule has 3 aromatic rings. The quantitative estimate of drug-likeness (QED) is 0.506. The molecule has 0 radical (unpaired) electrons. The van der Waals surface area contributed by atoms with Crippen molar-refractivity contribution in [3.8, 4) is 6.07 Å². The second-order valence-electron chi connectivity index (χ2n) is 6.44. The van der Waals surface area contributed by atoms with Crippen LogP contribution in [0.25, 0.3) is 0 Å². The lowest BCUT2D eigenvalue weighted by Gasteiger charge is -2.20. The number of hydrogen-bond donors (Lipinski definition) is 0. The highest BCUT2D eigenvalue weighted by molar-refractivity contribution is 7.92. The van der Waals surface area contributed by atoms with E-state index in [0.29, 0.717) is 11.1 Å². The number of rotatable bonds is 6. The Morgan fingerprint density at radius 1 is 1.13 bits per heavy atom. The Morgan fingerprint density at radius 2 is 1.81 bits per heavy atom. The van der Waals surface area contributed by atoms with Crippen LogP contribution in [0.4, 0.5) is 10.1 Å². The number of benzene rings is 3. The van der Waals surface area contributed by atoms with Crippen LogP contribution >= 0.6 is 11.6 Å². The van der Waals surface area contributed by atoms with Gasteiger partial charge in [0.2, 0.25) is 0 Å². The molecule has 0 bridgehead atoms. The summed E-state index contributed by atoms with van der Waals surface area (Å²) in [6.07, 6.45) is 0. The van der Waals surface area contributed by atoms with E-state index in [-0.39, 0.29) is 27.8 Å². The Hall–Kier alpha value is -3.41. The molecule has 0 aliphatic carbocycles. The Kier molecular flexibility index (Phi) is 6.59. The Bertz CT molecular complexity index is 1270. The first-order valence-electron chi connectivity index (χ1n) is 8.93. The van der Waals surface area contributed by atoms with Crippen LogP contribution < -0.4 is 4.31 Å². The summed E-state index contributed by atoms with van der Waals surface area (Å²) in [5, 5.41) is 9.14. The van der Waals surface area contributed by atoms with Crippen LogP contribution in [0.5, 0.6) is 0 Å². The SMILES string of the molecule is CN(c1ccc(F)cc1)S(=O)(=O)c1ccc(Cl)c(C(=O)OCc2ccccc2C#N)c1. The number of esters is 1. The molecular weight excluding hydrogens is 443 g/mol. The van der Waals surface area contributed by atoms with Gasteiger partial charge in [0.05, 0.1) is 32.8 Å². The maximum atomic E-state index is 13.1. The largest absolute Gasteiger partial charge is 0.457 e. The molecule has 3 rings (SSSR count). The Labute approximate surface area is 184 Å². The predicted octanol–water partition coefficient (Wildman–Crippen LogP) is 4.53. The number of sulfonamides is 1. The molecule has 3 aromatic carbocycles. The monoisotopic (exact) mass is 458 g/mol. The molecule has 0 N–H and O–H groups in total. The zero-order valence-corrected chi connectivity index (χ0v) is 17.8. The van der Waals surface area contributed by atoms with Crippen LogP contribution in [-0.4, -0.2) is 21.4 Å². The van der Waals surface area contributed by atoms with Gasteiger partial charge in [-0.2, -0.15) is 5.26 Å². The highest BCUT2D eigenvalue weighted by Gasteiger charge is 2.24. The van der Waals surface area contributed by atoms with Crippen molar-refractivity contribution in [1.29, 1.82) is 5.26 Å². The fourth-order valence-electron chi connectivity index (χ4n) is 2.75. The van der Waals surface area contributed by atoms with E-state index in [1.54, 1.807) is 24.3 Å². The van der Waals surface area contributed by atoms with Gasteiger partial charge in [-0.05, 0) is 48.5 Å². The van der Waals surface area contributed by atoms with Gasteiger partial charge >= 0.3 is 5.97 Å². The molecule has 0 amide bonds. The lowest BCUT2D eigenvalue weighted by atomic mass is 10.1. The Morgan fingerprint density at radius 3 is 2.48 bits per heavy atom.